The van der Waals surface area contributed by atoms with Crippen LogP contribution in [0.5, 0.6) is 5.75 Å². The zero-order chi connectivity index (χ0) is 21.6. The maximum absolute atomic E-state index is 13.4. The topological polar surface area (TPSA) is 99.7 Å². The first-order valence-corrected chi connectivity index (χ1v) is 10.6. The molecule has 4 N–H and O–H groups in total. The SMILES string of the molecule is COc1ccc(Cl)cc1NC(=O)[C@H]1C[C@H](C(C)O)N[C@]12C(=O)Nc1ccc(Br)cc12. The number of ether oxygens (including phenoxy) is 1. The van der Waals surface area contributed by atoms with Crippen molar-refractivity contribution in [3.63, 3.8) is 0 Å². The van der Waals surface area contributed by atoms with Crippen LogP contribution in [0.4, 0.5) is 11.4 Å². The Hall–Kier alpha value is -2.13. The minimum absolute atomic E-state index is 0.283. The number of carbonyl (C=O) groups excluding carboxylic acids is 2. The van der Waals surface area contributed by atoms with Crippen molar-refractivity contribution in [1.29, 1.82) is 0 Å². The number of hydrogen-bond donors (Lipinski definition) is 4. The molecule has 1 saturated heterocycles. The van der Waals surface area contributed by atoms with Crippen molar-refractivity contribution in [2.45, 2.75) is 31.0 Å². The molecule has 2 aromatic carbocycles. The minimum atomic E-state index is -1.29. The highest BCUT2D eigenvalue weighted by molar-refractivity contribution is 9.10. The lowest BCUT2D eigenvalue weighted by atomic mass is 9.79. The number of anilines is 2. The number of benzene rings is 2. The summed E-state index contributed by atoms with van der Waals surface area (Å²) >= 11 is 9.54. The third-order valence-electron chi connectivity index (χ3n) is 5.76. The minimum Gasteiger partial charge on any atom is -0.495 e. The molecule has 0 bridgehead atoms. The van der Waals surface area contributed by atoms with Crippen molar-refractivity contribution < 1.29 is 19.4 Å². The van der Waals surface area contributed by atoms with E-state index in [1.807, 2.05) is 12.1 Å². The number of hydrogen-bond acceptors (Lipinski definition) is 5. The quantitative estimate of drug-likeness (QED) is 0.523. The van der Waals surface area contributed by atoms with Crippen LogP contribution in [0.25, 0.3) is 0 Å². The molecule has 2 aliphatic heterocycles. The van der Waals surface area contributed by atoms with Gasteiger partial charge in [-0.2, -0.15) is 0 Å². The lowest BCUT2D eigenvalue weighted by Gasteiger charge is -2.29. The Balaban J connectivity index is 1.76. The monoisotopic (exact) mass is 493 g/mol. The zero-order valence-corrected chi connectivity index (χ0v) is 18.7. The summed E-state index contributed by atoms with van der Waals surface area (Å²) in [6.45, 7) is 1.64. The molecule has 1 spiro atoms. The summed E-state index contributed by atoms with van der Waals surface area (Å²) in [4.78, 5) is 26.6. The van der Waals surface area contributed by atoms with Crippen LogP contribution in [-0.2, 0) is 15.1 Å². The molecular formula is C21H21BrClN3O4. The average Bonchev–Trinajstić information content (AvgIpc) is 3.23. The van der Waals surface area contributed by atoms with Gasteiger partial charge in [-0.15, -0.1) is 0 Å². The van der Waals surface area contributed by atoms with E-state index in [4.69, 9.17) is 16.3 Å². The van der Waals surface area contributed by atoms with E-state index in [0.29, 0.717) is 27.7 Å². The molecule has 0 radical (unpaired) electrons. The molecule has 30 heavy (non-hydrogen) atoms. The summed E-state index contributed by atoms with van der Waals surface area (Å²) in [7, 11) is 1.50. The van der Waals surface area contributed by atoms with Gasteiger partial charge in [0.05, 0.1) is 24.8 Å². The van der Waals surface area contributed by atoms with E-state index < -0.39 is 23.6 Å². The van der Waals surface area contributed by atoms with Crippen molar-refractivity contribution in [2.75, 3.05) is 17.7 Å². The molecule has 0 aliphatic carbocycles. The van der Waals surface area contributed by atoms with E-state index in [0.717, 1.165) is 4.47 Å². The fourth-order valence-corrected chi connectivity index (χ4v) is 4.82. The van der Waals surface area contributed by atoms with Crippen molar-refractivity contribution in [3.05, 3.63) is 51.5 Å². The van der Waals surface area contributed by atoms with Gasteiger partial charge < -0.3 is 20.5 Å². The number of rotatable bonds is 4. The molecule has 2 heterocycles. The first kappa shape index (κ1) is 21.1. The second kappa shape index (κ2) is 7.85. The number of fused-ring (bicyclic) bond motifs is 2. The van der Waals surface area contributed by atoms with Gasteiger partial charge in [0, 0.05) is 26.8 Å². The van der Waals surface area contributed by atoms with Gasteiger partial charge in [-0.1, -0.05) is 27.5 Å². The predicted molar refractivity (Wildman–Crippen MR) is 118 cm³/mol. The molecule has 2 aromatic rings. The summed E-state index contributed by atoms with van der Waals surface area (Å²) in [6, 6.07) is 9.93. The van der Waals surface area contributed by atoms with Gasteiger partial charge in [0.25, 0.3) is 0 Å². The molecule has 1 unspecified atom stereocenters. The van der Waals surface area contributed by atoms with E-state index in [2.05, 4.69) is 31.9 Å². The lowest BCUT2D eigenvalue weighted by Crippen LogP contribution is -2.53. The van der Waals surface area contributed by atoms with Crippen molar-refractivity contribution in [3.8, 4) is 5.75 Å². The molecule has 2 amide bonds. The summed E-state index contributed by atoms with van der Waals surface area (Å²) < 4.78 is 6.11. The second-order valence-electron chi connectivity index (χ2n) is 7.57. The van der Waals surface area contributed by atoms with Crippen molar-refractivity contribution >= 4 is 50.7 Å². The lowest BCUT2D eigenvalue weighted by molar-refractivity contribution is -0.130. The van der Waals surface area contributed by atoms with Crippen LogP contribution in [-0.4, -0.2) is 36.2 Å². The van der Waals surface area contributed by atoms with Crippen LogP contribution in [0.15, 0.2) is 40.9 Å². The predicted octanol–water partition coefficient (Wildman–Crippen LogP) is 3.26. The van der Waals surface area contributed by atoms with Crippen molar-refractivity contribution in [1.82, 2.24) is 5.32 Å². The highest BCUT2D eigenvalue weighted by Gasteiger charge is 2.60. The van der Waals surface area contributed by atoms with Crippen molar-refractivity contribution in [2.24, 2.45) is 5.92 Å². The van der Waals surface area contributed by atoms with Gasteiger partial charge in [0.2, 0.25) is 11.8 Å². The highest BCUT2D eigenvalue weighted by atomic mass is 79.9. The molecule has 158 valence electrons. The fraction of sp³-hybridized carbons (Fsp3) is 0.333. The molecule has 1 fully saturated rings. The smallest absolute Gasteiger partial charge is 0.250 e. The molecule has 0 aromatic heterocycles. The Morgan fingerprint density at radius 2 is 2.13 bits per heavy atom. The Kier molecular flexibility index (Phi) is 5.52. The number of aliphatic hydroxyl groups is 1. The molecule has 4 atom stereocenters. The van der Waals surface area contributed by atoms with E-state index in [1.54, 1.807) is 31.2 Å². The van der Waals surface area contributed by atoms with Crippen LogP contribution < -0.4 is 20.7 Å². The molecule has 2 aliphatic rings. The van der Waals surface area contributed by atoms with Gasteiger partial charge in [0.1, 0.15) is 11.3 Å². The number of aliphatic hydroxyl groups excluding tert-OH is 1. The molecule has 0 saturated carbocycles. The maximum atomic E-state index is 13.4. The number of nitrogens with one attached hydrogen (secondary N) is 3. The van der Waals surface area contributed by atoms with Crippen LogP contribution in [0.3, 0.4) is 0 Å². The molecular weight excluding hydrogens is 474 g/mol. The summed E-state index contributed by atoms with van der Waals surface area (Å²) in [5.74, 6) is -0.999. The summed E-state index contributed by atoms with van der Waals surface area (Å²) in [6.07, 6.45) is -0.462. The number of carbonyl (C=O) groups is 2. The highest BCUT2D eigenvalue weighted by Crippen LogP contribution is 2.48. The van der Waals surface area contributed by atoms with Gasteiger partial charge in [-0.3, -0.25) is 14.9 Å². The molecule has 7 nitrogen and oxygen atoms in total. The second-order valence-corrected chi connectivity index (χ2v) is 8.92. The van der Waals surface area contributed by atoms with Crippen LogP contribution in [0.1, 0.15) is 18.9 Å². The first-order valence-electron chi connectivity index (χ1n) is 9.48. The summed E-state index contributed by atoms with van der Waals surface area (Å²) in [5.41, 5.74) is 0.429. The first-order chi connectivity index (χ1) is 14.3. The Labute approximate surface area is 187 Å². The van der Waals surface area contributed by atoms with E-state index in [9.17, 15) is 14.7 Å². The normalized spacial score (nSPS) is 25.7. The summed E-state index contributed by atoms with van der Waals surface area (Å²) in [5, 5.41) is 19.6. The number of halogens is 2. The molecule has 9 heteroatoms. The largest absolute Gasteiger partial charge is 0.495 e. The van der Waals surface area contributed by atoms with E-state index >= 15 is 0 Å². The Bertz CT molecular complexity index is 1030. The average molecular weight is 495 g/mol. The van der Waals surface area contributed by atoms with Crippen LogP contribution >= 0.6 is 27.5 Å². The molecule has 4 rings (SSSR count). The Morgan fingerprint density at radius 3 is 2.83 bits per heavy atom. The third kappa shape index (κ3) is 3.37. The van der Waals surface area contributed by atoms with Gasteiger partial charge >= 0.3 is 0 Å². The van der Waals surface area contributed by atoms with Gasteiger partial charge in [-0.25, -0.2) is 0 Å². The van der Waals surface area contributed by atoms with E-state index in [1.165, 1.54) is 7.11 Å². The van der Waals surface area contributed by atoms with Gasteiger partial charge in [0.15, 0.2) is 0 Å². The fourth-order valence-electron chi connectivity index (χ4n) is 4.29. The maximum Gasteiger partial charge on any atom is 0.250 e. The zero-order valence-electron chi connectivity index (χ0n) is 16.3. The van der Waals surface area contributed by atoms with Crippen LogP contribution in [0.2, 0.25) is 5.02 Å². The number of amides is 2. The number of methoxy groups -OCH3 is 1. The Morgan fingerprint density at radius 1 is 1.37 bits per heavy atom. The van der Waals surface area contributed by atoms with Gasteiger partial charge in [-0.05, 0) is 49.7 Å². The van der Waals surface area contributed by atoms with E-state index in [-0.39, 0.29) is 18.2 Å². The third-order valence-corrected chi connectivity index (χ3v) is 6.48. The van der Waals surface area contributed by atoms with Crippen LogP contribution in [0, 0.1) is 5.92 Å². The standard InChI is InChI=1S/C21H21BrClN3O4/c1-10(27)16-9-14(19(28)24-17-8-12(23)4-6-18(17)30-2)21(26-16)13-7-11(22)3-5-15(13)25-20(21)29/h3-8,10,14,16,26-27H,9H2,1-2H3,(H,24,28)(H,25,29)/t10?,14-,16-,21+/m1/s1.